The summed E-state index contributed by atoms with van der Waals surface area (Å²) in [6.45, 7) is 10.4. The maximum Gasteiger partial charge on any atom is 0.260 e. The van der Waals surface area contributed by atoms with Crippen LogP contribution in [0.4, 0.5) is 0 Å². The Morgan fingerprint density at radius 3 is 2.29 bits per heavy atom. The molecule has 4 heteroatoms. The summed E-state index contributed by atoms with van der Waals surface area (Å²) in [7, 11) is 0. The van der Waals surface area contributed by atoms with E-state index in [0.29, 0.717) is 24.8 Å². The SMILES string of the molecule is CCN(CC(C)(C)O)C(=O)COc1ccc(C(C)C)cc1. The molecule has 1 aromatic carbocycles. The zero-order chi connectivity index (χ0) is 16.0. The maximum atomic E-state index is 12.1. The molecule has 0 spiro atoms. The smallest absolute Gasteiger partial charge is 0.260 e. The van der Waals surface area contributed by atoms with Gasteiger partial charge >= 0.3 is 0 Å². The van der Waals surface area contributed by atoms with Gasteiger partial charge in [-0.2, -0.15) is 0 Å². The van der Waals surface area contributed by atoms with Crippen LogP contribution in [0.1, 0.15) is 46.1 Å². The number of benzene rings is 1. The average Bonchev–Trinajstić information content (AvgIpc) is 2.41. The van der Waals surface area contributed by atoms with E-state index in [1.54, 1.807) is 18.7 Å². The number of hydrogen-bond acceptors (Lipinski definition) is 3. The van der Waals surface area contributed by atoms with E-state index in [2.05, 4.69) is 13.8 Å². The lowest BCUT2D eigenvalue weighted by Crippen LogP contribution is -2.44. The summed E-state index contributed by atoms with van der Waals surface area (Å²) in [4.78, 5) is 13.7. The average molecular weight is 293 g/mol. The summed E-state index contributed by atoms with van der Waals surface area (Å²) in [5.74, 6) is 1.04. The normalized spacial score (nSPS) is 11.6. The van der Waals surface area contributed by atoms with Gasteiger partial charge in [0.25, 0.3) is 5.91 Å². The second-order valence-electron chi connectivity index (χ2n) is 6.23. The molecule has 1 aromatic rings. The van der Waals surface area contributed by atoms with Gasteiger partial charge in [0, 0.05) is 13.1 Å². The van der Waals surface area contributed by atoms with Gasteiger partial charge in [0.1, 0.15) is 5.75 Å². The molecule has 0 aliphatic carbocycles. The Morgan fingerprint density at radius 2 is 1.86 bits per heavy atom. The van der Waals surface area contributed by atoms with Crippen LogP contribution >= 0.6 is 0 Å². The summed E-state index contributed by atoms with van der Waals surface area (Å²) in [6.07, 6.45) is 0. The lowest BCUT2D eigenvalue weighted by Gasteiger charge is -2.28. The first-order chi connectivity index (χ1) is 9.73. The molecule has 21 heavy (non-hydrogen) atoms. The molecule has 1 amide bonds. The zero-order valence-electron chi connectivity index (χ0n) is 13.7. The van der Waals surface area contributed by atoms with Gasteiger partial charge in [-0.1, -0.05) is 26.0 Å². The van der Waals surface area contributed by atoms with Crippen molar-refractivity contribution >= 4 is 5.91 Å². The molecule has 0 radical (unpaired) electrons. The lowest BCUT2D eigenvalue weighted by molar-refractivity contribution is -0.136. The van der Waals surface area contributed by atoms with E-state index in [9.17, 15) is 9.90 Å². The Morgan fingerprint density at radius 1 is 1.29 bits per heavy atom. The molecule has 0 atom stereocenters. The van der Waals surface area contributed by atoms with Crippen molar-refractivity contribution in [1.29, 1.82) is 0 Å². The van der Waals surface area contributed by atoms with Crippen LogP contribution in [0.2, 0.25) is 0 Å². The molecule has 0 aromatic heterocycles. The minimum absolute atomic E-state index is 0.00898. The molecule has 0 heterocycles. The summed E-state index contributed by atoms with van der Waals surface area (Å²) in [5, 5.41) is 9.80. The second kappa shape index (κ2) is 7.46. The Balaban J connectivity index is 2.55. The first-order valence-corrected chi connectivity index (χ1v) is 7.46. The summed E-state index contributed by atoms with van der Waals surface area (Å²) in [5.41, 5.74) is 0.343. The van der Waals surface area contributed by atoms with Gasteiger partial charge in [0.05, 0.1) is 5.60 Å². The second-order valence-corrected chi connectivity index (χ2v) is 6.23. The molecule has 0 aliphatic rings. The maximum absolute atomic E-state index is 12.1. The summed E-state index contributed by atoms with van der Waals surface area (Å²) < 4.78 is 5.53. The third kappa shape index (κ3) is 6.17. The van der Waals surface area contributed by atoms with Crippen molar-refractivity contribution in [3.8, 4) is 5.75 Å². The van der Waals surface area contributed by atoms with Crippen molar-refractivity contribution in [3.63, 3.8) is 0 Å². The van der Waals surface area contributed by atoms with Crippen molar-refractivity contribution in [3.05, 3.63) is 29.8 Å². The number of carbonyl (C=O) groups is 1. The van der Waals surface area contributed by atoms with Crippen LogP contribution in [0, 0.1) is 0 Å². The van der Waals surface area contributed by atoms with E-state index in [4.69, 9.17) is 4.74 Å². The van der Waals surface area contributed by atoms with E-state index in [0.717, 1.165) is 0 Å². The van der Waals surface area contributed by atoms with Crippen LogP contribution in [-0.4, -0.2) is 41.2 Å². The van der Waals surface area contributed by atoms with Gasteiger partial charge in [-0.3, -0.25) is 4.79 Å². The molecule has 0 bridgehead atoms. The van der Waals surface area contributed by atoms with Crippen LogP contribution in [0.15, 0.2) is 24.3 Å². The standard InChI is InChI=1S/C17H27NO3/c1-6-18(12-17(4,5)20)16(19)11-21-15-9-7-14(8-10-15)13(2)3/h7-10,13,20H,6,11-12H2,1-5H3. The first kappa shape index (κ1) is 17.5. The molecule has 0 fully saturated rings. The molecule has 0 saturated heterocycles. The predicted octanol–water partition coefficient (Wildman–Crippen LogP) is 2.81. The number of rotatable bonds is 7. The van der Waals surface area contributed by atoms with Crippen molar-refractivity contribution < 1.29 is 14.6 Å². The number of carbonyl (C=O) groups excluding carboxylic acids is 1. The van der Waals surface area contributed by atoms with Crippen molar-refractivity contribution in [2.24, 2.45) is 0 Å². The Kier molecular flexibility index (Phi) is 6.21. The fraction of sp³-hybridized carbons (Fsp3) is 0.588. The van der Waals surface area contributed by atoms with Crippen LogP contribution in [0.3, 0.4) is 0 Å². The van der Waals surface area contributed by atoms with Gasteiger partial charge in [0.2, 0.25) is 0 Å². The largest absolute Gasteiger partial charge is 0.484 e. The quantitative estimate of drug-likeness (QED) is 0.841. The van der Waals surface area contributed by atoms with E-state index < -0.39 is 5.60 Å². The molecule has 1 rings (SSSR count). The Labute approximate surface area is 127 Å². The fourth-order valence-electron chi connectivity index (χ4n) is 2.03. The van der Waals surface area contributed by atoms with Crippen LogP contribution < -0.4 is 4.74 Å². The highest BCUT2D eigenvalue weighted by atomic mass is 16.5. The molecule has 0 saturated carbocycles. The van der Waals surface area contributed by atoms with E-state index >= 15 is 0 Å². The minimum Gasteiger partial charge on any atom is -0.484 e. The third-order valence-electron chi connectivity index (χ3n) is 3.22. The van der Waals surface area contributed by atoms with Crippen LogP contribution in [-0.2, 0) is 4.79 Å². The Hall–Kier alpha value is -1.55. The molecular formula is C17H27NO3. The van der Waals surface area contributed by atoms with E-state index in [-0.39, 0.29) is 12.5 Å². The number of likely N-dealkylation sites (N-methyl/N-ethyl adjacent to an activating group) is 1. The van der Waals surface area contributed by atoms with E-state index in [1.165, 1.54) is 5.56 Å². The lowest BCUT2D eigenvalue weighted by atomic mass is 10.0. The fourth-order valence-corrected chi connectivity index (χ4v) is 2.03. The van der Waals surface area contributed by atoms with Gasteiger partial charge in [-0.15, -0.1) is 0 Å². The molecule has 1 N–H and O–H groups in total. The van der Waals surface area contributed by atoms with Gasteiger partial charge in [-0.05, 0) is 44.4 Å². The first-order valence-electron chi connectivity index (χ1n) is 7.46. The monoisotopic (exact) mass is 293 g/mol. The van der Waals surface area contributed by atoms with Gasteiger partial charge in [-0.25, -0.2) is 0 Å². The van der Waals surface area contributed by atoms with Crippen molar-refractivity contribution in [1.82, 2.24) is 4.90 Å². The highest BCUT2D eigenvalue weighted by Gasteiger charge is 2.21. The zero-order valence-corrected chi connectivity index (χ0v) is 13.7. The van der Waals surface area contributed by atoms with Crippen molar-refractivity contribution in [2.45, 2.75) is 46.1 Å². The van der Waals surface area contributed by atoms with Gasteiger partial charge in [0.15, 0.2) is 6.61 Å². The third-order valence-corrected chi connectivity index (χ3v) is 3.22. The highest BCUT2D eigenvalue weighted by Crippen LogP contribution is 2.18. The predicted molar refractivity (Wildman–Crippen MR) is 84.6 cm³/mol. The van der Waals surface area contributed by atoms with Crippen LogP contribution in [0.25, 0.3) is 0 Å². The van der Waals surface area contributed by atoms with Crippen LogP contribution in [0.5, 0.6) is 5.75 Å². The van der Waals surface area contributed by atoms with Crippen molar-refractivity contribution in [2.75, 3.05) is 19.7 Å². The summed E-state index contributed by atoms with van der Waals surface area (Å²) >= 11 is 0. The molecule has 4 nitrogen and oxygen atoms in total. The highest BCUT2D eigenvalue weighted by molar-refractivity contribution is 5.77. The Bertz CT molecular complexity index is 446. The molecular weight excluding hydrogens is 266 g/mol. The molecule has 118 valence electrons. The number of hydrogen-bond donors (Lipinski definition) is 1. The minimum atomic E-state index is -0.898. The number of ether oxygens (including phenoxy) is 1. The molecule has 0 aliphatic heterocycles. The number of nitrogens with zero attached hydrogens (tertiary/aromatic N) is 1. The molecule has 0 unspecified atom stereocenters. The number of aliphatic hydroxyl groups is 1. The van der Waals surface area contributed by atoms with E-state index in [1.807, 2.05) is 31.2 Å². The number of amides is 1. The van der Waals surface area contributed by atoms with Gasteiger partial charge < -0.3 is 14.7 Å². The topological polar surface area (TPSA) is 49.8 Å². The summed E-state index contributed by atoms with van der Waals surface area (Å²) in [6, 6.07) is 7.79.